The van der Waals surface area contributed by atoms with Crippen molar-refractivity contribution in [1.82, 2.24) is 19.0 Å². The van der Waals surface area contributed by atoms with Gasteiger partial charge < -0.3 is 23.5 Å². The second-order valence-corrected chi connectivity index (χ2v) is 7.83. The molecule has 0 N–H and O–H groups in total. The third kappa shape index (κ3) is 3.02. The van der Waals surface area contributed by atoms with Crippen molar-refractivity contribution in [2.45, 2.75) is 25.2 Å². The van der Waals surface area contributed by atoms with Crippen molar-refractivity contribution in [3.8, 4) is 17.0 Å². The van der Waals surface area contributed by atoms with E-state index in [9.17, 15) is 4.79 Å². The van der Waals surface area contributed by atoms with Crippen LogP contribution in [0.25, 0.3) is 11.3 Å². The van der Waals surface area contributed by atoms with Crippen molar-refractivity contribution in [3.63, 3.8) is 0 Å². The van der Waals surface area contributed by atoms with E-state index < -0.39 is 0 Å². The zero-order valence-corrected chi connectivity index (χ0v) is 16.7. The molecule has 1 atom stereocenters. The van der Waals surface area contributed by atoms with Crippen LogP contribution in [-0.2, 0) is 24.9 Å². The first-order valence-corrected chi connectivity index (χ1v) is 9.82. The second-order valence-electron chi connectivity index (χ2n) is 7.83. The van der Waals surface area contributed by atoms with Crippen LogP contribution in [-0.4, -0.2) is 50.7 Å². The van der Waals surface area contributed by atoms with Gasteiger partial charge in [0.25, 0.3) is 5.91 Å². The summed E-state index contributed by atoms with van der Waals surface area (Å²) in [5.41, 5.74) is 2.50. The molecule has 1 amide bonds. The van der Waals surface area contributed by atoms with Crippen molar-refractivity contribution in [2.24, 2.45) is 7.05 Å². The van der Waals surface area contributed by atoms with Crippen LogP contribution < -0.4 is 4.74 Å². The molecule has 150 valence electrons. The van der Waals surface area contributed by atoms with E-state index in [4.69, 9.17) is 9.47 Å². The second kappa shape index (κ2) is 6.77. The van der Waals surface area contributed by atoms with E-state index in [1.165, 1.54) is 0 Å². The molecular formula is C22H24N4O3. The first kappa shape index (κ1) is 18.0. The lowest BCUT2D eigenvalue weighted by atomic mass is 10.0. The van der Waals surface area contributed by atoms with Crippen molar-refractivity contribution < 1.29 is 14.3 Å². The van der Waals surface area contributed by atoms with Gasteiger partial charge in [-0.3, -0.25) is 4.79 Å². The Morgan fingerprint density at radius 1 is 1.21 bits per heavy atom. The van der Waals surface area contributed by atoms with Gasteiger partial charge in [0.2, 0.25) is 0 Å². The number of carbonyl (C=O) groups is 1. The van der Waals surface area contributed by atoms with Gasteiger partial charge >= 0.3 is 0 Å². The maximum atomic E-state index is 12.9. The Morgan fingerprint density at radius 3 is 2.76 bits per heavy atom. The number of hydrogen-bond donors (Lipinski definition) is 0. The number of rotatable bonds is 3. The van der Waals surface area contributed by atoms with Crippen molar-refractivity contribution >= 4 is 5.91 Å². The molecule has 2 aromatic heterocycles. The number of imidazole rings is 1. The highest BCUT2D eigenvalue weighted by Gasteiger charge is 2.44. The monoisotopic (exact) mass is 392 g/mol. The third-order valence-electron chi connectivity index (χ3n) is 6.04. The van der Waals surface area contributed by atoms with Crippen LogP contribution in [0.15, 0.2) is 48.8 Å². The average Bonchev–Trinajstić information content (AvgIpc) is 3.46. The summed E-state index contributed by atoms with van der Waals surface area (Å²) in [6.45, 7) is 2.45. The van der Waals surface area contributed by atoms with E-state index in [0.29, 0.717) is 31.9 Å². The van der Waals surface area contributed by atoms with E-state index in [2.05, 4.69) is 9.55 Å². The average molecular weight is 392 g/mol. The summed E-state index contributed by atoms with van der Waals surface area (Å²) in [4.78, 5) is 19.4. The maximum absolute atomic E-state index is 12.9. The molecule has 1 spiro atoms. The molecule has 0 aliphatic carbocycles. The van der Waals surface area contributed by atoms with Crippen LogP contribution in [0, 0.1) is 0 Å². The molecule has 0 saturated carbocycles. The van der Waals surface area contributed by atoms with E-state index in [1.54, 1.807) is 7.11 Å². The lowest BCUT2D eigenvalue weighted by molar-refractivity contribution is -0.0805. The Labute approximate surface area is 169 Å². The Bertz CT molecular complexity index is 1050. The van der Waals surface area contributed by atoms with Crippen molar-refractivity contribution in [3.05, 3.63) is 60.3 Å². The highest BCUT2D eigenvalue weighted by atomic mass is 16.5. The molecule has 7 nitrogen and oxygen atoms in total. The Kier molecular flexibility index (Phi) is 4.20. The molecule has 2 aliphatic rings. The highest BCUT2D eigenvalue weighted by Crippen LogP contribution is 2.36. The summed E-state index contributed by atoms with van der Waals surface area (Å²) < 4.78 is 15.6. The minimum Gasteiger partial charge on any atom is -0.497 e. The van der Waals surface area contributed by atoms with Gasteiger partial charge in [0.1, 0.15) is 29.5 Å². The highest BCUT2D eigenvalue weighted by molar-refractivity contribution is 5.93. The topological polar surface area (TPSA) is 61.5 Å². The van der Waals surface area contributed by atoms with Crippen LogP contribution in [0.4, 0.5) is 0 Å². The first-order chi connectivity index (χ1) is 14.1. The van der Waals surface area contributed by atoms with Crippen LogP contribution in [0.5, 0.6) is 5.75 Å². The first-order valence-electron chi connectivity index (χ1n) is 9.82. The number of fused-ring (bicyclic) bond motifs is 1. The number of hydrogen-bond acceptors (Lipinski definition) is 4. The molecule has 0 unspecified atom stereocenters. The number of ether oxygens (including phenoxy) is 2. The predicted octanol–water partition coefficient (Wildman–Crippen LogP) is 2.71. The Hall–Kier alpha value is -3.06. The molecule has 0 bridgehead atoms. The number of carbonyl (C=O) groups excluding carboxylic acids is 1. The molecule has 3 aromatic rings. The fourth-order valence-corrected chi connectivity index (χ4v) is 4.36. The standard InChI is InChI=1S/C22H24N4O3/c1-24-10-3-4-18(24)21(27)25-11-9-22(14-25)15-26-19(12-23-20(26)13-29-22)16-5-7-17(28-2)8-6-16/h3-8,10,12H,9,11,13-15H2,1-2H3/t22-/m1/s1. The van der Waals surface area contributed by atoms with Gasteiger partial charge in [0.15, 0.2) is 0 Å². The Balaban J connectivity index is 1.39. The number of aryl methyl sites for hydroxylation is 1. The Morgan fingerprint density at radius 2 is 2.03 bits per heavy atom. The van der Waals surface area contributed by atoms with E-state index in [0.717, 1.165) is 29.3 Å². The van der Waals surface area contributed by atoms with E-state index in [1.807, 2.05) is 65.3 Å². The van der Waals surface area contributed by atoms with Crippen molar-refractivity contribution in [2.75, 3.05) is 20.2 Å². The lowest BCUT2D eigenvalue weighted by Gasteiger charge is -2.35. The molecule has 1 fully saturated rings. The minimum atomic E-state index is -0.365. The number of amides is 1. The van der Waals surface area contributed by atoms with Crippen LogP contribution in [0.2, 0.25) is 0 Å². The van der Waals surface area contributed by atoms with Crippen LogP contribution in [0.3, 0.4) is 0 Å². The van der Waals surface area contributed by atoms with Gasteiger partial charge in [-0.15, -0.1) is 0 Å². The van der Waals surface area contributed by atoms with Gasteiger partial charge in [-0.1, -0.05) is 0 Å². The zero-order chi connectivity index (χ0) is 20.0. The lowest BCUT2D eigenvalue weighted by Crippen LogP contribution is -2.45. The molecular weight excluding hydrogens is 368 g/mol. The fraction of sp³-hybridized carbons (Fsp3) is 0.364. The fourth-order valence-electron chi connectivity index (χ4n) is 4.36. The number of benzene rings is 1. The summed E-state index contributed by atoms with van der Waals surface area (Å²) in [6.07, 6.45) is 4.62. The normalized spacial score (nSPS) is 20.8. The predicted molar refractivity (Wildman–Crippen MR) is 108 cm³/mol. The number of nitrogens with zero attached hydrogens (tertiary/aromatic N) is 4. The molecule has 7 heteroatoms. The van der Waals surface area contributed by atoms with Gasteiger partial charge in [-0.2, -0.15) is 0 Å². The summed E-state index contributed by atoms with van der Waals surface area (Å²) >= 11 is 0. The molecule has 0 radical (unpaired) electrons. The quantitative estimate of drug-likeness (QED) is 0.688. The van der Waals surface area contributed by atoms with Crippen LogP contribution >= 0.6 is 0 Å². The summed E-state index contributed by atoms with van der Waals surface area (Å²) in [5, 5.41) is 0. The summed E-state index contributed by atoms with van der Waals surface area (Å²) in [6, 6.07) is 11.8. The van der Waals surface area contributed by atoms with E-state index in [-0.39, 0.29) is 11.5 Å². The van der Waals surface area contributed by atoms with Gasteiger partial charge in [0, 0.05) is 25.4 Å². The molecule has 5 rings (SSSR count). The number of methoxy groups -OCH3 is 1. The maximum Gasteiger partial charge on any atom is 0.270 e. The number of aromatic nitrogens is 3. The van der Waals surface area contributed by atoms with Gasteiger partial charge in [-0.05, 0) is 42.8 Å². The minimum absolute atomic E-state index is 0.0600. The van der Waals surface area contributed by atoms with Gasteiger partial charge in [0.05, 0.1) is 32.1 Å². The summed E-state index contributed by atoms with van der Waals surface area (Å²) in [5.74, 6) is 1.82. The molecule has 1 aromatic carbocycles. The number of likely N-dealkylation sites (tertiary alicyclic amines) is 1. The molecule has 4 heterocycles. The zero-order valence-electron chi connectivity index (χ0n) is 16.7. The smallest absolute Gasteiger partial charge is 0.270 e. The summed E-state index contributed by atoms with van der Waals surface area (Å²) in [7, 11) is 3.56. The molecule has 29 heavy (non-hydrogen) atoms. The van der Waals surface area contributed by atoms with Crippen molar-refractivity contribution in [1.29, 1.82) is 0 Å². The van der Waals surface area contributed by atoms with Gasteiger partial charge in [-0.25, -0.2) is 4.98 Å². The largest absolute Gasteiger partial charge is 0.497 e. The SMILES string of the molecule is COc1ccc(-c2cnc3n2C[C@]2(CCN(C(=O)c4cccn4C)C2)OC3)cc1. The molecule has 1 saturated heterocycles. The third-order valence-corrected chi connectivity index (χ3v) is 6.04. The van der Waals surface area contributed by atoms with E-state index >= 15 is 0 Å². The van der Waals surface area contributed by atoms with Crippen LogP contribution in [0.1, 0.15) is 22.7 Å². The molecule has 2 aliphatic heterocycles.